The maximum Gasteiger partial charge on any atom is 0.225 e. The van der Waals surface area contributed by atoms with Crippen molar-refractivity contribution in [2.24, 2.45) is 0 Å². The van der Waals surface area contributed by atoms with Crippen molar-refractivity contribution in [3.63, 3.8) is 0 Å². The predicted octanol–water partition coefficient (Wildman–Crippen LogP) is 4.07. The van der Waals surface area contributed by atoms with E-state index in [0.717, 1.165) is 24.4 Å². The number of hydrogen-bond donors (Lipinski definition) is 1. The number of aliphatic hydroxyl groups excluding tert-OH is 1. The van der Waals surface area contributed by atoms with Crippen LogP contribution in [0.5, 0.6) is 0 Å². The smallest absolute Gasteiger partial charge is 0.225 e. The van der Waals surface area contributed by atoms with Crippen LogP contribution in [0.15, 0.2) is 73.6 Å². The van der Waals surface area contributed by atoms with Gasteiger partial charge in [0.05, 0.1) is 17.9 Å². The molecule has 35 heavy (non-hydrogen) atoms. The highest BCUT2D eigenvalue weighted by Crippen LogP contribution is 2.26. The van der Waals surface area contributed by atoms with Crippen molar-refractivity contribution < 1.29 is 9.50 Å². The molecule has 182 valence electrons. The molecule has 8 heteroatoms. The quantitative estimate of drug-likeness (QED) is 0.497. The third-order valence-electron chi connectivity index (χ3n) is 6.08. The van der Waals surface area contributed by atoms with E-state index in [2.05, 4.69) is 21.4 Å². The largest absolute Gasteiger partial charge is 0.376 e. The summed E-state index contributed by atoms with van der Waals surface area (Å²) in [5.74, 6) is 0.431. The Morgan fingerprint density at radius 3 is 2.57 bits per heavy atom. The van der Waals surface area contributed by atoms with Gasteiger partial charge in [0.2, 0.25) is 5.95 Å². The lowest BCUT2D eigenvalue weighted by molar-refractivity contribution is -0.0141. The lowest BCUT2D eigenvalue weighted by Crippen LogP contribution is -2.52. The van der Waals surface area contributed by atoms with Gasteiger partial charge in [-0.1, -0.05) is 43.0 Å². The maximum absolute atomic E-state index is 14.2. The highest BCUT2D eigenvalue weighted by molar-refractivity contribution is 5.74. The first kappa shape index (κ1) is 24.5. The number of benzene rings is 1. The molecule has 1 N–H and O–H groups in total. The molecule has 0 bridgehead atoms. The topological polar surface area (TPSA) is 70.3 Å². The van der Waals surface area contributed by atoms with Crippen LogP contribution in [0.25, 0.3) is 16.8 Å². The van der Waals surface area contributed by atoms with Gasteiger partial charge in [-0.15, -0.1) is 0 Å². The first-order valence-corrected chi connectivity index (χ1v) is 11.7. The van der Waals surface area contributed by atoms with Gasteiger partial charge in [-0.25, -0.2) is 14.4 Å². The molecule has 3 aromatic rings. The van der Waals surface area contributed by atoms with Crippen LogP contribution in [0.3, 0.4) is 0 Å². The molecule has 7 nitrogen and oxygen atoms in total. The lowest BCUT2D eigenvalue weighted by atomic mass is 10.1. The van der Waals surface area contributed by atoms with E-state index in [4.69, 9.17) is 5.10 Å². The molecule has 0 radical (unpaired) electrons. The summed E-state index contributed by atoms with van der Waals surface area (Å²) in [7, 11) is 0. The van der Waals surface area contributed by atoms with Gasteiger partial charge in [0, 0.05) is 44.1 Å². The molecule has 0 saturated carbocycles. The molecule has 1 aliphatic heterocycles. The fourth-order valence-corrected chi connectivity index (χ4v) is 4.02. The first-order chi connectivity index (χ1) is 17.0. The second-order valence-electron chi connectivity index (χ2n) is 8.52. The number of piperazine rings is 1. The van der Waals surface area contributed by atoms with Gasteiger partial charge in [-0.2, -0.15) is 5.10 Å². The minimum Gasteiger partial charge on any atom is -0.376 e. The van der Waals surface area contributed by atoms with Crippen molar-refractivity contribution in [1.82, 2.24) is 24.6 Å². The van der Waals surface area contributed by atoms with Crippen LogP contribution >= 0.6 is 0 Å². The second-order valence-corrected chi connectivity index (χ2v) is 8.52. The summed E-state index contributed by atoms with van der Waals surface area (Å²) in [5.41, 5.74) is 3.44. The lowest BCUT2D eigenvalue weighted by Gasteiger charge is -2.37. The second kappa shape index (κ2) is 11.2. The maximum atomic E-state index is 14.2. The normalized spacial score (nSPS) is 15.8. The molecule has 1 fully saturated rings. The van der Waals surface area contributed by atoms with Gasteiger partial charge < -0.3 is 10.0 Å². The number of allylic oxidation sites excluding steroid dienone is 5. The van der Waals surface area contributed by atoms with Crippen LogP contribution in [0.1, 0.15) is 18.2 Å². The van der Waals surface area contributed by atoms with Crippen molar-refractivity contribution in [2.45, 2.75) is 26.6 Å². The van der Waals surface area contributed by atoms with Crippen molar-refractivity contribution in [3.8, 4) is 11.3 Å². The van der Waals surface area contributed by atoms with Crippen LogP contribution < -0.4 is 4.90 Å². The number of anilines is 1. The standard InChI is InChI=1S/C27H31FN6O/c1-4-5-6-8-21(3)25-18-24(22-10-9-20(2)23(28)17-22)31-34(25)19-26(35)32-13-15-33(16-14-32)27-29-11-7-12-30-27/h4-12,17-18,26,35H,3,13-16,19H2,1-2H3/b5-4-,8-6-. The molecule has 0 spiro atoms. The Balaban J connectivity index is 1.52. The highest BCUT2D eigenvalue weighted by atomic mass is 19.1. The highest BCUT2D eigenvalue weighted by Gasteiger charge is 2.25. The Labute approximate surface area is 205 Å². The first-order valence-electron chi connectivity index (χ1n) is 11.7. The molecule has 0 amide bonds. The van der Waals surface area contributed by atoms with Crippen LogP contribution in [-0.4, -0.2) is 62.2 Å². The van der Waals surface area contributed by atoms with E-state index >= 15 is 0 Å². The molecule has 1 aliphatic rings. The zero-order valence-corrected chi connectivity index (χ0v) is 20.2. The number of halogens is 1. The molecular formula is C27H31FN6O. The van der Waals surface area contributed by atoms with Gasteiger partial charge in [0.1, 0.15) is 12.0 Å². The summed E-state index contributed by atoms with van der Waals surface area (Å²) in [6.45, 7) is 10.9. The molecule has 1 saturated heterocycles. The van der Waals surface area contributed by atoms with Crippen LogP contribution in [0.2, 0.25) is 0 Å². The summed E-state index contributed by atoms with van der Waals surface area (Å²) >= 11 is 0. The summed E-state index contributed by atoms with van der Waals surface area (Å²) in [5, 5.41) is 15.8. The minimum absolute atomic E-state index is 0.266. The fourth-order valence-electron chi connectivity index (χ4n) is 4.02. The van der Waals surface area contributed by atoms with E-state index < -0.39 is 6.23 Å². The Kier molecular flexibility index (Phi) is 7.84. The Morgan fingerprint density at radius 2 is 1.89 bits per heavy atom. The third kappa shape index (κ3) is 5.90. The molecular weight excluding hydrogens is 443 g/mol. The summed E-state index contributed by atoms with van der Waals surface area (Å²) in [6, 6.07) is 8.78. The van der Waals surface area contributed by atoms with Crippen molar-refractivity contribution in [3.05, 3.63) is 90.7 Å². The van der Waals surface area contributed by atoms with Crippen molar-refractivity contribution in [2.75, 3.05) is 31.1 Å². The molecule has 1 atom stereocenters. The van der Waals surface area contributed by atoms with Crippen molar-refractivity contribution in [1.29, 1.82) is 0 Å². The van der Waals surface area contributed by atoms with Gasteiger partial charge in [0.15, 0.2) is 0 Å². The molecule has 4 rings (SSSR count). The monoisotopic (exact) mass is 474 g/mol. The Hall–Kier alpha value is -3.62. The predicted molar refractivity (Wildman–Crippen MR) is 137 cm³/mol. The van der Waals surface area contributed by atoms with Gasteiger partial charge >= 0.3 is 0 Å². The number of aromatic nitrogens is 4. The Morgan fingerprint density at radius 1 is 1.14 bits per heavy atom. The van der Waals surface area contributed by atoms with Crippen LogP contribution in [0, 0.1) is 12.7 Å². The Bertz CT molecular complexity index is 1210. The SMILES string of the molecule is C=C(/C=C\C=C/C)c1cc(-c2ccc(C)c(F)c2)nn1CC(O)N1CCN(c2ncccn2)CC1. The number of aryl methyl sites for hydroxylation is 1. The molecule has 0 aliphatic carbocycles. The number of rotatable bonds is 8. The van der Waals surface area contributed by atoms with Gasteiger partial charge in [-0.3, -0.25) is 9.58 Å². The van der Waals surface area contributed by atoms with Gasteiger partial charge in [-0.05, 0) is 43.2 Å². The van der Waals surface area contributed by atoms with Crippen molar-refractivity contribution >= 4 is 11.5 Å². The van der Waals surface area contributed by atoms with E-state index in [9.17, 15) is 9.50 Å². The van der Waals surface area contributed by atoms with Crippen LogP contribution in [0.4, 0.5) is 10.3 Å². The number of aliphatic hydroxyl groups is 1. The van der Waals surface area contributed by atoms with Crippen LogP contribution in [-0.2, 0) is 6.54 Å². The van der Waals surface area contributed by atoms with E-state index in [0.29, 0.717) is 35.9 Å². The summed E-state index contributed by atoms with van der Waals surface area (Å²) in [6.07, 6.45) is 10.4. The zero-order valence-electron chi connectivity index (χ0n) is 20.2. The molecule has 3 heterocycles. The van der Waals surface area contributed by atoms with E-state index in [1.165, 1.54) is 6.07 Å². The number of nitrogens with zero attached hydrogens (tertiary/aromatic N) is 6. The van der Waals surface area contributed by atoms with Gasteiger partial charge in [0.25, 0.3) is 0 Å². The molecule has 1 aromatic carbocycles. The average Bonchev–Trinajstić information content (AvgIpc) is 3.30. The molecule has 2 aromatic heterocycles. The minimum atomic E-state index is -0.734. The van der Waals surface area contributed by atoms with E-state index in [-0.39, 0.29) is 12.4 Å². The summed E-state index contributed by atoms with van der Waals surface area (Å²) < 4.78 is 16.0. The number of hydrogen-bond acceptors (Lipinski definition) is 6. The van der Waals surface area contributed by atoms with E-state index in [1.54, 1.807) is 36.1 Å². The summed E-state index contributed by atoms with van der Waals surface area (Å²) in [4.78, 5) is 12.8. The fraction of sp³-hybridized carbons (Fsp3) is 0.296. The average molecular weight is 475 g/mol. The zero-order chi connectivity index (χ0) is 24.8. The third-order valence-corrected chi connectivity index (χ3v) is 6.08. The molecule has 1 unspecified atom stereocenters. The van der Waals surface area contributed by atoms with E-state index in [1.807, 2.05) is 48.3 Å².